The lowest BCUT2D eigenvalue weighted by molar-refractivity contribution is 0.314. The minimum Gasteiger partial charge on any atom is -0.493 e. The molecule has 0 fully saturated rings. The summed E-state index contributed by atoms with van der Waals surface area (Å²) in [6.45, 7) is 9.67. The number of hydrogen-bond acceptors (Lipinski definition) is 2. The van der Waals surface area contributed by atoms with Gasteiger partial charge in [-0.15, -0.1) is 0 Å². The minimum absolute atomic E-state index is 0.193. The van der Waals surface area contributed by atoms with Crippen molar-refractivity contribution in [1.29, 1.82) is 0 Å². The van der Waals surface area contributed by atoms with E-state index in [1.807, 2.05) is 0 Å². The molecule has 0 aromatic heterocycles. The van der Waals surface area contributed by atoms with Crippen molar-refractivity contribution in [2.24, 2.45) is 0 Å². The Kier molecular flexibility index (Phi) is 6.07. The Labute approximate surface area is 117 Å². The fraction of sp³-hybridized carbons (Fsp3) is 0.625. The fourth-order valence-corrected chi connectivity index (χ4v) is 2.02. The van der Waals surface area contributed by atoms with Crippen LogP contribution in [0.1, 0.15) is 51.7 Å². The number of thiol groups is 1. The van der Waals surface area contributed by atoms with Gasteiger partial charge in [0.15, 0.2) is 0 Å². The molecule has 0 spiro atoms. The Morgan fingerprint density at radius 1 is 1.22 bits per heavy atom. The van der Waals surface area contributed by atoms with Crippen LogP contribution in [0.15, 0.2) is 18.2 Å². The fourth-order valence-electron chi connectivity index (χ4n) is 1.86. The van der Waals surface area contributed by atoms with Gasteiger partial charge in [0.25, 0.3) is 0 Å². The maximum atomic E-state index is 5.83. The molecule has 18 heavy (non-hydrogen) atoms. The highest BCUT2D eigenvalue weighted by Crippen LogP contribution is 2.29. The standard InChI is InChI=1S/C16H26OS/c1-5-10-17-15-9-8-14(16(2,3)4)12-13(15)7-6-11-18/h8-9,12,18H,5-7,10-11H2,1-4H3. The van der Waals surface area contributed by atoms with E-state index in [4.69, 9.17) is 4.74 Å². The molecular formula is C16H26OS. The molecule has 0 aliphatic rings. The number of rotatable bonds is 6. The van der Waals surface area contributed by atoms with Crippen molar-refractivity contribution >= 4 is 12.6 Å². The third kappa shape index (κ3) is 4.56. The average molecular weight is 266 g/mol. The Bertz CT molecular complexity index is 366. The summed E-state index contributed by atoms with van der Waals surface area (Å²) in [7, 11) is 0. The predicted octanol–water partition coefficient (Wildman–Crippen LogP) is 4.64. The number of benzene rings is 1. The first-order valence-electron chi connectivity index (χ1n) is 6.86. The molecule has 0 radical (unpaired) electrons. The minimum atomic E-state index is 0.193. The van der Waals surface area contributed by atoms with Crippen molar-refractivity contribution in [2.75, 3.05) is 12.4 Å². The van der Waals surface area contributed by atoms with E-state index in [-0.39, 0.29) is 5.41 Å². The Morgan fingerprint density at radius 2 is 1.94 bits per heavy atom. The van der Waals surface area contributed by atoms with Crippen molar-refractivity contribution in [3.05, 3.63) is 29.3 Å². The average Bonchev–Trinajstić information content (AvgIpc) is 2.33. The van der Waals surface area contributed by atoms with Crippen LogP contribution in [0.3, 0.4) is 0 Å². The van der Waals surface area contributed by atoms with Gasteiger partial charge in [-0.1, -0.05) is 39.8 Å². The first kappa shape index (κ1) is 15.4. The van der Waals surface area contributed by atoms with Crippen LogP contribution >= 0.6 is 12.6 Å². The Balaban J connectivity index is 2.96. The van der Waals surface area contributed by atoms with E-state index in [9.17, 15) is 0 Å². The van der Waals surface area contributed by atoms with Crippen molar-refractivity contribution in [1.82, 2.24) is 0 Å². The van der Waals surface area contributed by atoms with Gasteiger partial charge in [0, 0.05) is 0 Å². The van der Waals surface area contributed by atoms with Crippen molar-refractivity contribution in [3.63, 3.8) is 0 Å². The second-order valence-corrected chi connectivity index (χ2v) is 6.20. The maximum absolute atomic E-state index is 5.83. The zero-order valence-electron chi connectivity index (χ0n) is 12.1. The summed E-state index contributed by atoms with van der Waals surface area (Å²) in [5, 5.41) is 0. The van der Waals surface area contributed by atoms with Crippen molar-refractivity contribution < 1.29 is 4.74 Å². The van der Waals surface area contributed by atoms with E-state index >= 15 is 0 Å². The van der Waals surface area contributed by atoms with E-state index in [0.29, 0.717) is 0 Å². The zero-order chi connectivity index (χ0) is 13.6. The molecule has 0 amide bonds. The van der Waals surface area contributed by atoms with Gasteiger partial charge in [-0.3, -0.25) is 0 Å². The number of hydrogen-bond donors (Lipinski definition) is 1. The van der Waals surface area contributed by atoms with Crippen LogP contribution in [0.4, 0.5) is 0 Å². The Hall–Kier alpha value is -0.630. The molecule has 0 aliphatic heterocycles. The lowest BCUT2D eigenvalue weighted by Gasteiger charge is -2.21. The predicted molar refractivity (Wildman–Crippen MR) is 83.1 cm³/mol. The molecule has 0 heterocycles. The SMILES string of the molecule is CCCOc1ccc(C(C)(C)C)cc1CCCS. The summed E-state index contributed by atoms with van der Waals surface area (Å²) in [6.07, 6.45) is 3.19. The van der Waals surface area contributed by atoms with Crippen LogP contribution in [0.5, 0.6) is 5.75 Å². The summed E-state index contributed by atoms with van der Waals surface area (Å²) in [4.78, 5) is 0. The normalized spacial score (nSPS) is 11.6. The first-order valence-corrected chi connectivity index (χ1v) is 7.49. The van der Waals surface area contributed by atoms with E-state index in [0.717, 1.165) is 37.4 Å². The zero-order valence-corrected chi connectivity index (χ0v) is 13.0. The van der Waals surface area contributed by atoms with Crippen molar-refractivity contribution in [3.8, 4) is 5.75 Å². The molecule has 1 aromatic rings. The largest absolute Gasteiger partial charge is 0.493 e. The quantitative estimate of drug-likeness (QED) is 0.738. The van der Waals surface area contributed by atoms with Gasteiger partial charge in [-0.05, 0) is 47.6 Å². The van der Waals surface area contributed by atoms with E-state index < -0.39 is 0 Å². The molecule has 1 aromatic carbocycles. The molecule has 0 unspecified atom stereocenters. The molecule has 0 saturated carbocycles. The van der Waals surface area contributed by atoms with Gasteiger partial charge >= 0.3 is 0 Å². The molecule has 0 N–H and O–H groups in total. The highest BCUT2D eigenvalue weighted by atomic mass is 32.1. The highest BCUT2D eigenvalue weighted by molar-refractivity contribution is 7.80. The molecular weight excluding hydrogens is 240 g/mol. The van der Waals surface area contributed by atoms with Crippen LogP contribution in [-0.2, 0) is 11.8 Å². The van der Waals surface area contributed by atoms with Gasteiger partial charge in [-0.2, -0.15) is 12.6 Å². The van der Waals surface area contributed by atoms with Crippen LogP contribution in [0.25, 0.3) is 0 Å². The van der Waals surface area contributed by atoms with Gasteiger partial charge in [0.2, 0.25) is 0 Å². The van der Waals surface area contributed by atoms with Crippen molar-refractivity contribution in [2.45, 2.75) is 52.4 Å². The van der Waals surface area contributed by atoms with Crippen LogP contribution < -0.4 is 4.74 Å². The van der Waals surface area contributed by atoms with Crippen LogP contribution in [0.2, 0.25) is 0 Å². The second-order valence-electron chi connectivity index (χ2n) is 5.75. The molecule has 2 heteroatoms. The lowest BCUT2D eigenvalue weighted by Crippen LogP contribution is -2.12. The summed E-state index contributed by atoms with van der Waals surface area (Å²) in [5.74, 6) is 1.97. The highest BCUT2D eigenvalue weighted by Gasteiger charge is 2.15. The topological polar surface area (TPSA) is 9.23 Å². The van der Waals surface area contributed by atoms with Gasteiger partial charge in [-0.25, -0.2) is 0 Å². The van der Waals surface area contributed by atoms with E-state index in [1.54, 1.807) is 0 Å². The summed E-state index contributed by atoms with van der Waals surface area (Å²) in [6, 6.07) is 6.62. The summed E-state index contributed by atoms with van der Waals surface area (Å²) in [5.41, 5.74) is 2.89. The molecule has 1 rings (SSSR count). The molecule has 0 saturated heterocycles. The smallest absolute Gasteiger partial charge is 0.122 e. The molecule has 1 nitrogen and oxygen atoms in total. The number of ether oxygens (including phenoxy) is 1. The Morgan fingerprint density at radius 3 is 2.50 bits per heavy atom. The molecule has 0 atom stereocenters. The van der Waals surface area contributed by atoms with Gasteiger partial charge < -0.3 is 4.74 Å². The first-order chi connectivity index (χ1) is 8.49. The lowest BCUT2D eigenvalue weighted by atomic mass is 9.85. The molecule has 102 valence electrons. The maximum Gasteiger partial charge on any atom is 0.122 e. The van der Waals surface area contributed by atoms with Gasteiger partial charge in [0.1, 0.15) is 5.75 Å². The second kappa shape index (κ2) is 7.08. The van der Waals surface area contributed by atoms with Gasteiger partial charge in [0.05, 0.1) is 6.61 Å². The summed E-state index contributed by atoms with van der Waals surface area (Å²) < 4.78 is 5.83. The number of aryl methyl sites for hydroxylation is 1. The summed E-state index contributed by atoms with van der Waals surface area (Å²) >= 11 is 4.30. The van der Waals surface area contributed by atoms with E-state index in [2.05, 4.69) is 58.5 Å². The van der Waals surface area contributed by atoms with E-state index in [1.165, 1.54) is 11.1 Å². The molecule has 0 bridgehead atoms. The molecule has 0 aliphatic carbocycles. The monoisotopic (exact) mass is 266 g/mol. The van der Waals surface area contributed by atoms with Crippen LogP contribution in [0, 0.1) is 0 Å². The third-order valence-electron chi connectivity index (χ3n) is 2.99. The third-order valence-corrected chi connectivity index (χ3v) is 3.31. The van der Waals surface area contributed by atoms with Crippen LogP contribution in [-0.4, -0.2) is 12.4 Å².